The van der Waals surface area contributed by atoms with Crippen LogP contribution in [0.25, 0.3) is 23.0 Å². The summed E-state index contributed by atoms with van der Waals surface area (Å²) in [5.41, 5.74) is 2.75. The topological polar surface area (TPSA) is 82.1 Å². The van der Waals surface area contributed by atoms with Gasteiger partial charge in [0.15, 0.2) is 0 Å². The first-order chi connectivity index (χ1) is 12.3. The van der Waals surface area contributed by atoms with Crippen molar-refractivity contribution in [2.75, 3.05) is 0 Å². The molecule has 0 saturated carbocycles. The van der Waals surface area contributed by atoms with Gasteiger partial charge in [-0.3, -0.25) is 10.1 Å². The fraction of sp³-hybridized carbons (Fsp3) is 0.200. The van der Waals surface area contributed by atoms with Crippen molar-refractivity contribution in [2.45, 2.75) is 20.8 Å². The van der Waals surface area contributed by atoms with Crippen molar-refractivity contribution in [3.05, 3.63) is 76.2 Å². The van der Waals surface area contributed by atoms with Gasteiger partial charge in [0, 0.05) is 23.8 Å². The molecule has 0 atom stereocenters. The quantitative estimate of drug-likeness (QED) is 0.476. The van der Waals surface area contributed by atoms with Crippen LogP contribution in [0.4, 0.5) is 5.69 Å². The molecule has 0 N–H and O–H groups in total. The molecule has 132 valence electrons. The molecule has 0 unspecified atom stereocenters. The SMILES string of the molecule is CC(C)(C)C(=Cc1nc(-c2ccc([N+](=O)[O-])cc2)no1)c1ccccc1. The molecule has 1 aromatic heterocycles. The Labute approximate surface area is 151 Å². The van der Waals surface area contributed by atoms with Crippen LogP contribution in [0.1, 0.15) is 32.2 Å². The third-order valence-corrected chi connectivity index (χ3v) is 3.94. The number of allylic oxidation sites excluding steroid dienone is 1. The maximum atomic E-state index is 10.8. The van der Waals surface area contributed by atoms with E-state index >= 15 is 0 Å². The number of non-ortho nitro benzene ring substituents is 1. The lowest BCUT2D eigenvalue weighted by Gasteiger charge is -2.23. The van der Waals surface area contributed by atoms with Gasteiger partial charge in [-0.2, -0.15) is 4.98 Å². The lowest BCUT2D eigenvalue weighted by molar-refractivity contribution is -0.384. The van der Waals surface area contributed by atoms with Crippen molar-refractivity contribution in [1.29, 1.82) is 0 Å². The first-order valence-corrected chi connectivity index (χ1v) is 8.21. The largest absolute Gasteiger partial charge is 0.334 e. The fourth-order valence-electron chi connectivity index (χ4n) is 2.62. The summed E-state index contributed by atoms with van der Waals surface area (Å²) in [7, 11) is 0. The van der Waals surface area contributed by atoms with E-state index < -0.39 is 4.92 Å². The molecule has 0 aliphatic heterocycles. The van der Waals surface area contributed by atoms with Crippen LogP contribution in [0.2, 0.25) is 0 Å². The molecule has 1 heterocycles. The van der Waals surface area contributed by atoms with Crippen molar-refractivity contribution < 1.29 is 9.45 Å². The highest BCUT2D eigenvalue weighted by atomic mass is 16.6. The van der Waals surface area contributed by atoms with Crippen LogP contribution in [-0.4, -0.2) is 15.1 Å². The maximum Gasteiger partial charge on any atom is 0.269 e. The van der Waals surface area contributed by atoms with Crippen molar-refractivity contribution >= 4 is 17.3 Å². The van der Waals surface area contributed by atoms with Gasteiger partial charge in [0.05, 0.1) is 4.92 Å². The molecule has 3 rings (SSSR count). The third-order valence-electron chi connectivity index (χ3n) is 3.94. The Morgan fingerprint density at radius 2 is 1.73 bits per heavy atom. The van der Waals surface area contributed by atoms with Crippen LogP contribution in [0.15, 0.2) is 59.1 Å². The van der Waals surface area contributed by atoms with Crippen LogP contribution in [0.3, 0.4) is 0 Å². The minimum atomic E-state index is -0.441. The van der Waals surface area contributed by atoms with E-state index in [4.69, 9.17) is 4.52 Å². The highest BCUT2D eigenvalue weighted by Crippen LogP contribution is 2.35. The first-order valence-electron chi connectivity index (χ1n) is 8.21. The molecule has 0 fully saturated rings. The number of nitrogens with zero attached hydrogens (tertiary/aromatic N) is 3. The minimum absolute atomic E-state index is 0.0245. The van der Waals surface area contributed by atoms with E-state index in [0.29, 0.717) is 17.3 Å². The van der Waals surface area contributed by atoms with E-state index in [0.717, 1.165) is 11.1 Å². The van der Waals surface area contributed by atoms with Gasteiger partial charge in [-0.1, -0.05) is 56.3 Å². The predicted molar refractivity (Wildman–Crippen MR) is 100 cm³/mol. The van der Waals surface area contributed by atoms with Crippen LogP contribution < -0.4 is 0 Å². The number of aromatic nitrogens is 2. The molecule has 6 heteroatoms. The van der Waals surface area contributed by atoms with E-state index in [2.05, 4.69) is 30.9 Å². The van der Waals surface area contributed by atoms with Crippen LogP contribution in [-0.2, 0) is 0 Å². The molecular weight excluding hydrogens is 330 g/mol. The average Bonchev–Trinajstić information content (AvgIpc) is 3.08. The Balaban J connectivity index is 1.95. The van der Waals surface area contributed by atoms with Gasteiger partial charge in [0.25, 0.3) is 11.6 Å². The molecular formula is C20H19N3O3. The molecule has 6 nitrogen and oxygen atoms in total. The van der Waals surface area contributed by atoms with Gasteiger partial charge in [-0.25, -0.2) is 0 Å². The number of nitro groups is 1. The summed E-state index contributed by atoms with van der Waals surface area (Å²) in [6, 6.07) is 16.1. The molecule has 2 aromatic carbocycles. The molecule has 0 saturated heterocycles. The lowest BCUT2D eigenvalue weighted by atomic mass is 9.82. The van der Waals surface area contributed by atoms with Gasteiger partial charge in [0.1, 0.15) is 0 Å². The van der Waals surface area contributed by atoms with Gasteiger partial charge in [0.2, 0.25) is 5.82 Å². The van der Waals surface area contributed by atoms with E-state index in [1.54, 1.807) is 12.1 Å². The number of rotatable bonds is 4. The van der Waals surface area contributed by atoms with Crippen molar-refractivity contribution in [3.63, 3.8) is 0 Å². The highest BCUT2D eigenvalue weighted by molar-refractivity contribution is 5.82. The van der Waals surface area contributed by atoms with Crippen LogP contribution in [0.5, 0.6) is 0 Å². The molecule has 0 aliphatic carbocycles. The number of benzene rings is 2. The van der Waals surface area contributed by atoms with E-state index in [-0.39, 0.29) is 11.1 Å². The smallest absolute Gasteiger partial charge is 0.269 e. The Morgan fingerprint density at radius 3 is 2.31 bits per heavy atom. The van der Waals surface area contributed by atoms with E-state index in [1.807, 2.05) is 36.4 Å². The lowest BCUT2D eigenvalue weighted by Crippen LogP contribution is -2.08. The van der Waals surface area contributed by atoms with Gasteiger partial charge in [-0.15, -0.1) is 0 Å². The van der Waals surface area contributed by atoms with E-state index in [1.165, 1.54) is 12.1 Å². The van der Waals surface area contributed by atoms with Crippen LogP contribution >= 0.6 is 0 Å². The number of nitro benzene ring substituents is 1. The average molecular weight is 349 g/mol. The van der Waals surface area contributed by atoms with Crippen molar-refractivity contribution in [2.24, 2.45) is 5.41 Å². The second-order valence-corrected chi connectivity index (χ2v) is 6.93. The summed E-state index contributed by atoms with van der Waals surface area (Å²) in [6.07, 6.45) is 1.89. The van der Waals surface area contributed by atoms with E-state index in [9.17, 15) is 10.1 Å². The number of hydrogen-bond acceptors (Lipinski definition) is 5. The molecule has 26 heavy (non-hydrogen) atoms. The standard InChI is InChI=1S/C20H19N3O3/c1-20(2,3)17(14-7-5-4-6-8-14)13-18-21-19(22-26-18)15-9-11-16(12-10-15)23(24)25/h4-13H,1-3H3. The van der Waals surface area contributed by atoms with Crippen molar-refractivity contribution in [1.82, 2.24) is 10.1 Å². The monoisotopic (exact) mass is 349 g/mol. The molecule has 0 amide bonds. The zero-order valence-corrected chi connectivity index (χ0v) is 14.8. The number of hydrogen-bond donors (Lipinski definition) is 0. The summed E-state index contributed by atoms with van der Waals surface area (Å²) in [5.74, 6) is 0.791. The summed E-state index contributed by atoms with van der Waals surface area (Å²) >= 11 is 0. The summed E-state index contributed by atoms with van der Waals surface area (Å²) in [6.45, 7) is 6.37. The molecule has 0 radical (unpaired) electrons. The first kappa shape index (κ1) is 17.5. The second-order valence-electron chi connectivity index (χ2n) is 6.93. The Hall–Kier alpha value is -3.28. The Kier molecular flexibility index (Phi) is 4.67. The highest BCUT2D eigenvalue weighted by Gasteiger charge is 2.20. The molecule has 0 spiro atoms. The van der Waals surface area contributed by atoms with Gasteiger partial charge < -0.3 is 4.52 Å². The minimum Gasteiger partial charge on any atom is -0.334 e. The second kappa shape index (κ2) is 6.92. The maximum absolute atomic E-state index is 10.8. The summed E-state index contributed by atoms with van der Waals surface area (Å²) in [5, 5.41) is 14.7. The molecule has 0 bridgehead atoms. The van der Waals surface area contributed by atoms with Gasteiger partial charge in [-0.05, 0) is 28.7 Å². The normalized spacial score (nSPS) is 12.2. The van der Waals surface area contributed by atoms with Crippen LogP contribution in [0, 0.1) is 15.5 Å². The Bertz CT molecular complexity index is 936. The zero-order chi connectivity index (χ0) is 18.7. The zero-order valence-electron chi connectivity index (χ0n) is 14.8. The molecule has 3 aromatic rings. The summed E-state index contributed by atoms with van der Waals surface area (Å²) < 4.78 is 5.37. The van der Waals surface area contributed by atoms with Crippen molar-refractivity contribution in [3.8, 4) is 11.4 Å². The molecule has 0 aliphatic rings. The predicted octanol–water partition coefficient (Wildman–Crippen LogP) is 5.23. The summed E-state index contributed by atoms with van der Waals surface area (Å²) in [4.78, 5) is 14.7. The van der Waals surface area contributed by atoms with Gasteiger partial charge >= 0.3 is 0 Å². The Morgan fingerprint density at radius 1 is 1.08 bits per heavy atom. The fourth-order valence-corrected chi connectivity index (χ4v) is 2.62. The third kappa shape index (κ3) is 3.85.